The number of amides is 1. The molecule has 0 unspecified atom stereocenters. The number of carbonyl (C=O) groups excluding carboxylic acids is 1. The van der Waals surface area contributed by atoms with E-state index in [0.29, 0.717) is 5.11 Å². The van der Waals surface area contributed by atoms with Crippen molar-refractivity contribution in [2.75, 3.05) is 17.2 Å². The molecule has 2 aromatic rings. The molecule has 2 rings (SSSR count). The Morgan fingerprint density at radius 1 is 1.00 bits per heavy atom. The molecule has 0 bridgehead atoms. The molecule has 0 aliphatic heterocycles. The molecule has 0 aliphatic carbocycles. The lowest BCUT2D eigenvalue weighted by Gasteiger charge is -2.13. The van der Waals surface area contributed by atoms with E-state index < -0.39 is 0 Å². The number of aryl methyl sites for hydroxylation is 3. The normalized spacial score (nSPS) is 10.2. The van der Waals surface area contributed by atoms with Crippen LogP contribution in [-0.4, -0.2) is 17.6 Å². The predicted molar refractivity (Wildman–Crippen MR) is 108 cm³/mol. The minimum absolute atomic E-state index is 0.103. The molecule has 0 saturated carbocycles. The van der Waals surface area contributed by atoms with Gasteiger partial charge >= 0.3 is 0 Å². The van der Waals surface area contributed by atoms with Gasteiger partial charge in [0.25, 0.3) is 0 Å². The molecular weight excluding hydrogens is 386 g/mol. The average molecular weight is 406 g/mol. The van der Waals surface area contributed by atoms with E-state index in [0.717, 1.165) is 21.4 Å². The van der Waals surface area contributed by atoms with Crippen molar-refractivity contribution in [3.8, 4) is 0 Å². The van der Waals surface area contributed by atoms with Gasteiger partial charge in [-0.1, -0.05) is 22.0 Å². The molecular formula is C18H20BrN3OS. The van der Waals surface area contributed by atoms with Gasteiger partial charge < -0.3 is 16.0 Å². The van der Waals surface area contributed by atoms with E-state index in [1.807, 2.05) is 50.2 Å². The fraction of sp³-hybridized carbons (Fsp3) is 0.222. The van der Waals surface area contributed by atoms with Crippen LogP contribution in [0.15, 0.2) is 40.9 Å². The maximum absolute atomic E-state index is 12.0. The minimum atomic E-state index is -0.148. The molecule has 126 valence electrons. The van der Waals surface area contributed by atoms with Crippen molar-refractivity contribution in [3.05, 3.63) is 57.6 Å². The van der Waals surface area contributed by atoms with Gasteiger partial charge in [0.1, 0.15) is 0 Å². The average Bonchev–Trinajstić information content (AvgIpc) is 2.52. The van der Waals surface area contributed by atoms with E-state index in [1.54, 1.807) is 0 Å². The van der Waals surface area contributed by atoms with E-state index in [4.69, 9.17) is 12.2 Å². The monoisotopic (exact) mass is 405 g/mol. The van der Waals surface area contributed by atoms with Crippen molar-refractivity contribution < 1.29 is 4.79 Å². The van der Waals surface area contributed by atoms with Crippen molar-refractivity contribution in [2.24, 2.45) is 0 Å². The maximum atomic E-state index is 12.0. The van der Waals surface area contributed by atoms with Crippen LogP contribution >= 0.6 is 28.1 Å². The van der Waals surface area contributed by atoms with Crippen LogP contribution in [0, 0.1) is 20.8 Å². The first-order valence-electron chi connectivity index (χ1n) is 7.53. The molecule has 3 N–H and O–H groups in total. The van der Waals surface area contributed by atoms with Crippen molar-refractivity contribution in [2.45, 2.75) is 20.8 Å². The molecule has 0 atom stereocenters. The molecule has 0 radical (unpaired) electrons. The summed E-state index contributed by atoms with van der Waals surface area (Å²) in [4.78, 5) is 12.0. The number of benzene rings is 2. The summed E-state index contributed by atoms with van der Waals surface area (Å²) in [6.07, 6.45) is 0. The number of hydrogen-bond donors (Lipinski definition) is 3. The molecule has 0 aromatic heterocycles. The van der Waals surface area contributed by atoms with Crippen molar-refractivity contribution >= 4 is 50.5 Å². The Kier molecular flexibility index (Phi) is 6.34. The Hall–Kier alpha value is -1.92. The third-order valence-corrected chi connectivity index (χ3v) is 4.38. The third kappa shape index (κ3) is 5.32. The zero-order valence-corrected chi connectivity index (χ0v) is 16.3. The van der Waals surface area contributed by atoms with Crippen LogP contribution in [0.2, 0.25) is 0 Å². The van der Waals surface area contributed by atoms with Gasteiger partial charge in [0.05, 0.1) is 6.54 Å². The lowest BCUT2D eigenvalue weighted by atomic mass is 10.1. The van der Waals surface area contributed by atoms with Crippen molar-refractivity contribution in [3.63, 3.8) is 0 Å². The van der Waals surface area contributed by atoms with E-state index in [-0.39, 0.29) is 12.5 Å². The molecule has 6 heteroatoms. The van der Waals surface area contributed by atoms with Crippen LogP contribution in [0.3, 0.4) is 0 Å². The molecule has 2 aromatic carbocycles. The third-order valence-electron chi connectivity index (χ3n) is 3.64. The zero-order valence-electron chi connectivity index (χ0n) is 13.9. The Bertz CT molecular complexity index is 777. The summed E-state index contributed by atoms with van der Waals surface area (Å²) < 4.78 is 0.981. The lowest BCUT2D eigenvalue weighted by molar-refractivity contribution is -0.115. The van der Waals surface area contributed by atoms with Gasteiger partial charge in [0, 0.05) is 15.8 Å². The van der Waals surface area contributed by atoms with Gasteiger partial charge in [-0.05, 0) is 80.0 Å². The molecule has 0 heterocycles. The standard InChI is InChI=1S/C18H20BrN3OS/c1-11-4-6-15(9-12(11)2)21-18(24)20-10-17(23)22-16-7-5-14(19)8-13(16)3/h4-9H,10H2,1-3H3,(H,22,23)(H2,20,21,24). The molecule has 0 aliphatic rings. The first kappa shape index (κ1) is 18.4. The predicted octanol–water partition coefficient (Wildman–Crippen LogP) is 4.30. The highest BCUT2D eigenvalue weighted by Gasteiger charge is 2.06. The highest BCUT2D eigenvalue weighted by atomic mass is 79.9. The summed E-state index contributed by atoms with van der Waals surface area (Å²) in [5.41, 5.74) is 5.10. The van der Waals surface area contributed by atoms with Crippen LogP contribution in [0.25, 0.3) is 0 Å². The van der Waals surface area contributed by atoms with E-state index >= 15 is 0 Å². The molecule has 0 saturated heterocycles. The van der Waals surface area contributed by atoms with E-state index in [9.17, 15) is 4.79 Å². The highest BCUT2D eigenvalue weighted by Crippen LogP contribution is 2.19. The van der Waals surface area contributed by atoms with Crippen molar-refractivity contribution in [1.82, 2.24) is 5.32 Å². The second kappa shape index (κ2) is 8.26. The number of nitrogens with one attached hydrogen (secondary N) is 3. The summed E-state index contributed by atoms with van der Waals surface area (Å²) in [5.74, 6) is -0.148. The van der Waals surface area contributed by atoms with Gasteiger partial charge in [-0.15, -0.1) is 0 Å². The van der Waals surface area contributed by atoms with Gasteiger partial charge in [-0.25, -0.2) is 0 Å². The second-order valence-corrected chi connectivity index (χ2v) is 6.94. The molecule has 4 nitrogen and oxygen atoms in total. The topological polar surface area (TPSA) is 53.2 Å². The Morgan fingerprint density at radius 2 is 1.75 bits per heavy atom. The van der Waals surface area contributed by atoms with Gasteiger partial charge in [0.2, 0.25) is 5.91 Å². The number of hydrogen-bond acceptors (Lipinski definition) is 2. The molecule has 1 amide bonds. The van der Waals surface area contributed by atoms with Gasteiger partial charge in [-0.3, -0.25) is 4.79 Å². The Balaban J connectivity index is 1.84. The number of thiocarbonyl (C=S) groups is 1. The fourth-order valence-electron chi connectivity index (χ4n) is 2.12. The van der Waals surface area contributed by atoms with E-state index in [2.05, 4.69) is 38.8 Å². The zero-order chi connectivity index (χ0) is 17.7. The van der Waals surface area contributed by atoms with Gasteiger partial charge in [-0.2, -0.15) is 0 Å². The van der Waals surface area contributed by atoms with Crippen LogP contribution < -0.4 is 16.0 Å². The summed E-state index contributed by atoms with van der Waals surface area (Å²) in [6, 6.07) is 11.7. The number of halogens is 1. The summed E-state index contributed by atoms with van der Waals surface area (Å²) >= 11 is 8.63. The smallest absolute Gasteiger partial charge is 0.243 e. The van der Waals surface area contributed by atoms with Gasteiger partial charge in [0.15, 0.2) is 5.11 Å². The number of anilines is 2. The van der Waals surface area contributed by atoms with Crippen molar-refractivity contribution in [1.29, 1.82) is 0 Å². The van der Waals surface area contributed by atoms with Crippen LogP contribution in [-0.2, 0) is 4.79 Å². The fourth-order valence-corrected chi connectivity index (χ4v) is 2.78. The first-order valence-corrected chi connectivity index (χ1v) is 8.73. The Morgan fingerprint density at radius 3 is 2.42 bits per heavy atom. The van der Waals surface area contributed by atoms with E-state index in [1.165, 1.54) is 11.1 Å². The first-order chi connectivity index (χ1) is 11.3. The van der Waals surface area contributed by atoms with Crippen LogP contribution in [0.1, 0.15) is 16.7 Å². The molecule has 24 heavy (non-hydrogen) atoms. The summed E-state index contributed by atoms with van der Waals surface area (Å²) in [6.45, 7) is 6.15. The largest absolute Gasteiger partial charge is 0.353 e. The SMILES string of the molecule is Cc1ccc(NC(=S)NCC(=O)Nc2ccc(Br)cc2C)cc1C. The van der Waals surface area contributed by atoms with Crippen LogP contribution in [0.4, 0.5) is 11.4 Å². The summed E-state index contributed by atoms with van der Waals surface area (Å²) in [7, 11) is 0. The molecule has 0 spiro atoms. The summed E-state index contributed by atoms with van der Waals surface area (Å²) in [5, 5.41) is 9.28. The van der Waals surface area contributed by atoms with Crippen LogP contribution in [0.5, 0.6) is 0 Å². The number of carbonyl (C=O) groups is 1. The maximum Gasteiger partial charge on any atom is 0.243 e. The number of rotatable bonds is 4. The molecule has 0 fully saturated rings. The minimum Gasteiger partial charge on any atom is -0.353 e. The lowest BCUT2D eigenvalue weighted by Crippen LogP contribution is -2.35. The quantitative estimate of drug-likeness (QED) is 0.663. The second-order valence-electron chi connectivity index (χ2n) is 5.61. The Labute approximate surface area is 156 Å². The highest BCUT2D eigenvalue weighted by molar-refractivity contribution is 9.10.